The van der Waals surface area contributed by atoms with Gasteiger partial charge in [-0.2, -0.15) is 0 Å². The van der Waals surface area contributed by atoms with Gasteiger partial charge in [0.05, 0.1) is 0 Å². The first-order valence-electron chi connectivity index (χ1n) is 8.17. The topological polar surface area (TPSA) is 56.7 Å². The fourth-order valence-corrected chi connectivity index (χ4v) is 2.53. The maximum atomic E-state index is 12.8. The summed E-state index contributed by atoms with van der Waals surface area (Å²) in [5, 5.41) is 5.96. The SMILES string of the molecule is CCNC(=NCC(=O)Nc1ccc(F)cc1)N1CCC(C)CC1. The molecule has 1 amide bonds. The molecule has 1 aliphatic rings. The van der Waals surface area contributed by atoms with Crippen molar-refractivity contribution in [2.24, 2.45) is 10.9 Å². The Hall–Kier alpha value is -2.11. The summed E-state index contributed by atoms with van der Waals surface area (Å²) < 4.78 is 12.8. The van der Waals surface area contributed by atoms with Crippen LogP contribution in [0.2, 0.25) is 0 Å². The molecule has 1 aromatic carbocycles. The maximum Gasteiger partial charge on any atom is 0.246 e. The third kappa shape index (κ3) is 5.54. The fourth-order valence-electron chi connectivity index (χ4n) is 2.53. The van der Waals surface area contributed by atoms with E-state index >= 15 is 0 Å². The van der Waals surface area contributed by atoms with E-state index in [1.165, 1.54) is 24.3 Å². The standard InChI is InChI=1S/C17H25FN4O/c1-3-19-17(22-10-8-13(2)9-11-22)20-12-16(23)21-15-6-4-14(18)5-7-15/h4-7,13H,3,8-12H2,1-2H3,(H,19,20)(H,21,23). The number of rotatable bonds is 4. The van der Waals surface area contributed by atoms with Gasteiger partial charge >= 0.3 is 0 Å². The van der Waals surface area contributed by atoms with Crippen LogP contribution in [-0.2, 0) is 4.79 Å². The molecule has 1 fully saturated rings. The fraction of sp³-hybridized carbons (Fsp3) is 0.529. The van der Waals surface area contributed by atoms with Gasteiger partial charge in [-0.1, -0.05) is 6.92 Å². The summed E-state index contributed by atoms with van der Waals surface area (Å²) in [7, 11) is 0. The minimum absolute atomic E-state index is 0.0474. The summed E-state index contributed by atoms with van der Waals surface area (Å²) >= 11 is 0. The normalized spacial score (nSPS) is 16.3. The molecular weight excluding hydrogens is 295 g/mol. The van der Waals surface area contributed by atoms with Crippen LogP contribution in [0.1, 0.15) is 26.7 Å². The lowest BCUT2D eigenvalue weighted by Gasteiger charge is -2.32. The lowest BCUT2D eigenvalue weighted by molar-refractivity contribution is -0.114. The number of carbonyl (C=O) groups excluding carboxylic acids is 1. The highest BCUT2D eigenvalue weighted by molar-refractivity contribution is 5.94. The van der Waals surface area contributed by atoms with Gasteiger partial charge in [0.15, 0.2) is 5.96 Å². The summed E-state index contributed by atoms with van der Waals surface area (Å²) in [6, 6.07) is 5.71. The molecule has 0 bridgehead atoms. The number of likely N-dealkylation sites (tertiary alicyclic amines) is 1. The highest BCUT2D eigenvalue weighted by Crippen LogP contribution is 2.16. The average Bonchev–Trinajstić information content (AvgIpc) is 2.54. The van der Waals surface area contributed by atoms with Crippen LogP contribution in [0.4, 0.5) is 10.1 Å². The molecule has 1 saturated heterocycles. The van der Waals surface area contributed by atoms with Crippen molar-refractivity contribution in [3.05, 3.63) is 30.1 Å². The number of hydrogen-bond donors (Lipinski definition) is 2. The minimum Gasteiger partial charge on any atom is -0.357 e. The summed E-state index contributed by atoms with van der Waals surface area (Å²) in [5.41, 5.74) is 0.573. The van der Waals surface area contributed by atoms with Gasteiger partial charge in [-0.3, -0.25) is 4.79 Å². The Morgan fingerprint density at radius 2 is 1.96 bits per heavy atom. The summed E-state index contributed by atoms with van der Waals surface area (Å²) in [5.74, 6) is 0.997. The zero-order chi connectivity index (χ0) is 16.7. The first-order chi connectivity index (χ1) is 11.1. The molecule has 1 aliphatic heterocycles. The second-order valence-corrected chi connectivity index (χ2v) is 5.89. The number of aliphatic imine (C=N–C) groups is 1. The van der Waals surface area contributed by atoms with Gasteiger partial charge in [0.1, 0.15) is 12.4 Å². The third-order valence-corrected chi connectivity index (χ3v) is 3.92. The molecule has 0 aromatic heterocycles. The molecule has 0 radical (unpaired) electrons. The van der Waals surface area contributed by atoms with Gasteiger partial charge in [-0.15, -0.1) is 0 Å². The Labute approximate surface area is 137 Å². The summed E-state index contributed by atoms with van der Waals surface area (Å²) in [4.78, 5) is 18.6. The second-order valence-electron chi connectivity index (χ2n) is 5.89. The maximum absolute atomic E-state index is 12.8. The Kier molecular flexibility index (Phi) is 6.38. The molecule has 0 aliphatic carbocycles. The average molecular weight is 320 g/mol. The van der Waals surface area contributed by atoms with Crippen LogP contribution in [0, 0.1) is 11.7 Å². The van der Waals surface area contributed by atoms with Crippen molar-refractivity contribution in [1.82, 2.24) is 10.2 Å². The molecular formula is C17H25FN4O. The van der Waals surface area contributed by atoms with Crippen LogP contribution in [0.3, 0.4) is 0 Å². The predicted molar refractivity (Wildman–Crippen MR) is 91.0 cm³/mol. The molecule has 0 saturated carbocycles. The van der Waals surface area contributed by atoms with Crippen molar-refractivity contribution < 1.29 is 9.18 Å². The number of halogens is 1. The molecule has 1 heterocycles. The van der Waals surface area contributed by atoms with E-state index in [4.69, 9.17) is 0 Å². The molecule has 6 heteroatoms. The molecule has 0 unspecified atom stereocenters. The molecule has 2 rings (SSSR count). The Morgan fingerprint density at radius 1 is 1.30 bits per heavy atom. The first-order valence-corrected chi connectivity index (χ1v) is 8.17. The number of nitrogens with one attached hydrogen (secondary N) is 2. The van der Waals surface area contributed by atoms with E-state index in [0.717, 1.165) is 44.4 Å². The zero-order valence-electron chi connectivity index (χ0n) is 13.8. The number of hydrogen-bond acceptors (Lipinski definition) is 2. The number of piperidine rings is 1. The van der Waals surface area contributed by atoms with E-state index in [-0.39, 0.29) is 18.3 Å². The van der Waals surface area contributed by atoms with Crippen molar-refractivity contribution in [1.29, 1.82) is 0 Å². The molecule has 23 heavy (non-hydrogen) atoms. The predicted octanol–water partition coefficient (Wildman–Crippen LogP) is 2.46. The van der Waals surface area contributed by atoms with E-state index in [0.29, 0.717) is 5.69 Å². The van der Waals surface area contributed by atoms with Gasteiger partial charge in [-0.05, 0) is 49.9 Å². The number of guanidine groups is 1. The van der Waals surface area contributed by atoms with Gasteiger partial charge in [-0.25, -0.2) is 9.38 Å². The highest BCUT2D eigenvalue weighted by Gasteiger charge is 2.18. The van der Waals surface area contributed by atoms with Crippen LogP contribution in [0.25, 0.3) is 0 Å². The van der Waals surface area contributed by atoms with E-state index < -0.39 is 0 Å². The molecule has 5 nitrogen and oxygen atoms in total. The Balaban J connectivity index is 1.91. The van der Waals surface area contributed by atoms with Crippen molar-refractivity contribution in [2.45, 2.75) is 26.7 Å². The first kappa shape index (κ1) is 17.2. The lowest BCUT2D eigenvalue weighted by Crippen LogP contribution is -2.45. The quantitative estimate of drug-likeness (QED) is 0.662. The van der Waals surface area contributed by atoms with Crippen molar-refractivity contribution in [3.8, 4) is 0 Å². The van der Waals surface area contributed by atoms with E-state index in [1.807, 2.05) is 6.92 Å². The van der Waals surface area contributed by atoms with Crippen molar-refractivity contribution in [3.63, 3.8) is 0 Å². The molecule has 0 spiro atoms. The van der Waals surface area contributed by atoms with Crippen LogP contribution < -0.4 is 10.6 Å². The van der Waals surface area contributed by atoms with Crippen LogP contribution in [-0.4, -0.2) is 42.9 Å². The number of nitrogens with zero attached hydrogens (tertiary/aromatic N) is 2. The van der Waals surface area contributed by atoms with Gasteiger partial charge in [0.2, 0.25) is 5.91 Å². The van der Waals surface area contributed by atoms with Crippen LogP contribution in [0.5, 0.6) is 0 Å². The Morgan fingerprint density at radius 3 is 2.57 bits per heavy atom. The number of anilines is 1. The van der Waals surface area contributed by atoms with Crippen molar-refractivity contribution in [2.75, 3.05) is 31.5 Å². The summed E-state index contributed by atoms with van der Waals surface area (Å²) in [6.07, 6.45) is 2.29. The van der Waals surface area contributed by atoms with Crippen LogP contribution in [0.15, 0.2) is 29.3 Å². The largest absolute Gasteiger partial charge is 0.357 e. The second kappa shape index (κ2) is 8.50. The smallest absolute Gasteiger partial charge is 0.246 e. The monoisotopic (exact) mass is 320 g/mol. The molecule has 2 N–H and O–H groups in total. The number of benzene rings is 1. The molecule has 1 aromatic rings. The zero-order valence-corrected chi connectivity index (χ0v) is 13.8. The lowest BCUT2D eigenvalue weighted by atomic mass is 10.00. The Bertz CT molecular complexity index is 536. The van der Waals surface area contributed by atoms with E-state index in [2.05, 4.69) is 27.4 Å². The highest BCUT2D eigenvalue weighted by atomic mass is 19.1. The van der Waals surface area contributed by atoms with Crippen molar-refractivity contribution >= 4 is 17.6 Å². The van der Waals surface area contributed by atoms with Gasteiger partial charge < -0.3 is 15.5 Å². The van der Waals surface area contributed by atoms with Gasteiger partial charge in [0.25, 0.3) is 0 Å². The third-order valence-electron chi connectivity index (χ3n) is 3.92. The minimum atomic E-state index is -0.324. The number of amides is 1. The molecule has 0 atom stereocenters. The van der Waals surface area contributed by atoms with Gasteiger partial charge in [0, 0.05) is 25.3 Å². The summed E-state index contributed by atoms with van der Waals surface area (Å²) in [6.45, 7) is 7.02. The van der Waals surface area contributed by atoms with E-state index in [9.17, 15) is 9.18 Å². The van der Waals surface area contributed by atoms with Crippen LogP contribution >= 0.6 is 0 Å². The number of carbonyl (C=O) groups is 1. The molecule has 126 valence electrons. The van der Waals surface area contributed by atoms with E-state index in [1.54, 1.807) is 0 Å².